The molecule has 4 nitrogen and oxygen atoms in total. The Morgan fingerprint density at radius 3 is 2.67 bits per heavy atom. The Morgan fingerprint density at radius 2 is 2.25 bits per heavy atom. The first-order chi connectivity index (χ1) is 5.59. The molecule has 0 aromatic carbocycles. The van der Waals surface area contributed by atoms with Crippen LogP contribution in [0.1, 0.15) is 6.92 Å². The van der Waals surface area contributed by atoms with Crippen LogP contribution >= 0.6 is 0 Å². The Hall–Kier alpha value is -0.810. The molecule has 1 rings (SSSR count). The number of furan rings is 1. The molecule has 0 amide bonds. The van der Waals surface area contributed by atoms with Crippen LogP contribution < -0.4 is 0 Å². The summed E-state index contributed by atoms with van der Waals surface area (Å²) in [5.41, 5.74) is 0. The Bertz CT molecular complexity index is 328. The smallest absolute Gasteiger partial charge is 0.245 e. The average Bonchev–Trinajstić information content (AvgIpc) is 2.55. The van der Waals surface area contributed by atoms with Crippen molar-refractivity contribution in [3.8, 4) is 0 Å². The van der Waals surface area contributed by atoms with Gasteiger partial charge in [0.15, 0.2) is 0 Å². The summed E-state index contributed by atoms with van der Waals surface area (Å²) in [6, 6.07) is 1.43. The summed E-state index contributed by atoms with van der Waals surface area (Å²) in [5.74, 6) is 0. The van der Waals surface area contributed by atoms with Gasteiger partial charge in [0.1, 0.15) is 11.2 Å². The number of hydrogen-bond donors (Lipinski definition) is 0. The Morgan fingerprint density at radius 1 is 1.58 bits per heavy atom. The highest BCUT2D eigenvalue weighted by molar-refractivity contribution is 7.89. The molecule has 12 heavy (non-hydrogen) atoms. The summed E-state index contributed by atoms with van der Waals surface area (Å²) in [7, 11) is -1.78. The van der Waals surface area contributed by atoms with Crippen molar-refractivity contribution in [3.63, 3.8) is 0 Å². The van der Waals surface area contributed by atoms with Crippen LogP contribution in [0.25, 0.3) is 0 Å². The summed E-state index contributed by atoms with van der Waals surface area (Å²) in [5, 5.41) is 0. The molecular formula is C7H11NO3S. The monoisotopic (exact) mass is 189 g/mol. The van der Waals surface area contributed by atoms with Gasteiger partial charge in [-0.2, -0.15) is 0 Å². The minimum atomic E-state index is -3.31. The van der Waals surface area contributed by atoms with E-state index in [1.165, 1.54) is 29.9 Å². The molecule has 0 aliphatic rings. The van der Waals surface area contributed by atoms with E-state index in [-0.39, 0.29) is 4.90 Å². The maximum absolute atomic E-state index is 11.5. The normalized spacial score (nSPS) is 12.2. The molecule has 1 aromatic heterocycles. The van der Waals surface area contributed by atoms with E-state index in [4.69, 9.17) is 0 Å². The Kier molecular flexibility index (Phi) is 2.54. The van der Waals surface area contributed by atoms with E-state index in [0.717, 1.165) is 0 Å². The standard InChI is InChI=1S/C7H11NO3S/c1-3-8(2)12(9,10)7-4-5-11-6-7/h4-6H,3H2,1-2H3. The molecule has 0 spiro atoms. The molecule has 0 aliphatic carbocycles. The van der Waals surface area contributed by atoms with Gasteiger partial charge in [-0.05, 0) is 6.07 Å². The third kappa shape index (κ3) is 1.51. The molecule has 68 valence electrons. The van der Waals surface area contributed by atoms with Crippen molar-refractivity contribution in [1.82, 2.24) is 4.31 Å². The molecule has 0 aliphatic heterocycles. The van der Waals surface area contributed by atoms with E-state index in [1.54, 1.807) is 6.92 Å². The van der Waals surface area contributed by atoms with Crippen LogP contribution in [0.5, 0.6) is 0 Å². The highest BCUT2D eigenvalue weighted by atomic mass is 32.2. The second-order valence-electron chi connectivity index (χ2n) is 2.38. The minimum absolute atomic E-state index is 0.201. The zero-order chi connectivity index (χ0) is 9.19. The summed E-state index contributed by atoms with van der Waals surface area (Å²) in [4.78, 5) is 0.201. The Labute approximate surface area is 71.8 Å². The molecule has 1 heterocycles. The van der Waals surface area contributed by atoms with Gasteiger partial charge in [0.25, 0.3) is 0 Å². The molecule has 0 atom stereocenters. The van der Waals surface area contributed by atoms with Crippen molar-refractivity contribution >= 4 is 10.0 Å². The quantitative estimate of drug-likeness (QED) is 0.710. The SMILES string of the molecule is CCN(C)S(=O)(=O)c1ccoc1. The van der Waals surface area contributed by atoms with E-state index in [1.807, 2.05) is 0 Å². The highest BCUT2D eigenvalue weighted by Gasteiger charge is 2.19. The van der Waals surface area contributed by atoms with Crippen molar-refractivity contribution < 1.29 is 12.8 Å². The van der Waals surface area contributed by atoms with Crippen molar-refractivity contribution in [2.24, 2.45) is 0 Å². The predicted molar refractivity (Wildman–Crippen MR) is 44.2 cm³/mol. The first kappa shape index (κ1) is 9.28. The van der Waals surface area contributed by atoms with Crippen molar-refractivity contribution in [3.05, 3.63) is 18.6 Å². The fourth-order valence-electron chi connectivity index (χ4n) is 0.749. The summed E-state index contributed by atoms with van der Waals surface area (Å²) < 4.78 is 28.9. The average molecular weight is 189 g/mol. The van der Waals surface area contributed by atoms with Gasteiger partial charge in [0, 0.05) is 13.6 Å². The van der Waals surface area contributed by atoms with Gasteiger partial charge in [-0.25, -0.2) is 12.7 Å². The van der Waals surface area contributed by atoms with E-state index in [2.05, 4.69) is 4.42 Å². The second-order valence-corrected chi connectivity index (χ2v) is 4.42. The topological polar surface area (TPSA) is 50.5 Å². The zero-order valence-corrected chi connectivity index (χ0v) is 7.84. The Balaban J connectivity index is 3.03. The largest absolute Gasteiger partial charge is 0.471 e. The second kappa shape index (κ2) is 3.28. The van der Waals surface area contributed by atoms with Crippen LogP contribution in [-0.2, 0) is 10.0 Å². The van der Waals surface area contributed by atoms with Gasteiger partial charge in [-0.15, -0.1) is 0 Å². The lowest BCUT2D eigenvalue weighted by Crippen LogP contribution is -2.26. The number of sulfonamides is 1. The molecule has 0 unspecified atom stereocenters. The fourth-order valence-corrected chi connectivity index (χ4v) is 1.85. The van der Waals surface area contributed by atoms with Crippen LogP contribution in [0.4, 0.5) is 0 Å². The van der Waals surface area contributed by atoms with Crippen molar-refractivity contribution in [2.75, 3.05) is 13.6 Å². The lowest BCUT2D eigenvalue weighted by molar-refractivity contribution is 0.483. The molecule has 0 saturated carbocycles. The third-order valence-corrected chi connectivity index (χ3v) is 3.56. The van der Waals surface area contributed by atoms with Gasteiger partial charge in [0.2, 0.25) is 10.0 Å². The zero-order valence-electron chi connectivity index (χ0n) is 7.02. The molecular weight excluding hydrogens is 178 g/mol. The lowest BCUT2D eigenvalue weighted by atomic mass is 10.7. The maximum atomic E-state index is 11.5. The molecule has 0 saturated heterocycles. The molecule has 0 N–H and O–H groups in total. The van der Waals surface area contributed by atoms with Crippen molar-refractivity contribution in [1.29, 1.82) is 0 Å². The van der Waals surface area contributed by atoms with Crippen LogP contribution in [-0.4, -0.2) is 26.3 Å². The van der Waals surface area contributed by atoms with Gasteiger partial charge in [-0.3, -0.25) is 0 Å². The van der Waals surface area contributed by atoms with E-state index >= 15 is 0 Å². The first-order valence-corrected chi connectivity index (χ1v) is 5.01. The first-order valence-electron chi connectivity index (χ1n) is 3.57. The number of hydrogen-bond acceptors (Lipinski definition) is 3. The number of nitrogens with zero attached hydrogens (tertiary/aromatic N) is 1. The van der Waals surface area contributed by atoms with E-state index in [9.17, 15) is 8.42 Å². The van der Waals surface area contributed by atoms with Crippen molar-refractivity contribution in [2.45, 2.75) is 11.8 Å². The van der Waals surface area contributed by atoms with Crippen LogP contribution in [0.2, 0.25) is 0 Å². The number of rotatable bonds is 3. The van der Waals surface area contributed by atoms with E-state index in [0.29, 0.717) is 6.54 Å². The third-order valence-electron chi connectivity index (χ3n) is 1.65. The lowest BCUT2D eigenvalue weighted by Gasteiger charge is -2.12. The summed E-state index contributed by atoms with van der Waals surface area (Å²) in [6.07, 6.45) is 2.57. The van der Waals surface area contributed by atoms with Gasteiger partial charge < -0.3 is 4.42 Å². The van der Waals surface area contributed by atoms with Gasteiger partial charge in [0.05, 0.1) is 6.26 Å². The van der Waals surface area contributed by atoms with Gasteiger partial charge >= 0.3 is 0 Å². The molecule has 5 heteroatoms. The molecule has 0 fully saturated rings. The molecule has 0 radical (unpaired) electrons. The maximum Gasteiger partial charge on any atom is 0.245 e. The predicted octanol–water partition coefficient (Wildman–Crippen LogP) is 0.920. The fraction of sp³-hybridized carbons (Fsp3) is 0.429. The minimum Gasteiger partial charge on any atom is -0.471 e. The van der Waals surface area contributed by atoms with Gasteiger partial charge in [-0.1, -0.05) is 6.92 Å². The van der Waals surface area contributed by atoms with E-state index < -0.39 is 10.0 Å². The highest BCUT2D eigenvalue weighted by Crippen LogP contribution is 2.13. The summed E-state index contributed by atoms with van der Waals surface area (Å²) >= 11 is 0. The molecule has 1 aromatic rings. The van der Waals surface area contributed by atoms with Crippen LogP contribution in [0.3, 0.4) is 0 Å². The van der Waals surface area contributed by atoms with Crippen LogP contribution in [0.15, 0.2) is 27.9 Å². The van der Waals surface area contributed by atoms with Crippen LogP contribution in [0, 0.1) is 0 Å². The summed E-state index contributed by atoms with van der Waals surface area (Å²) in [6.45, 7) is 2.23. The molecule has 0 bridgehead atoms.